The molecule has 2 aromatic heterocycles. The van der Waals surface area contributed by atoms with Crippen LogP contribution in [0.1, 0.15) is 36.8 Å². The minimum absolute atomic E-state index is 0.0574. The summed E-state index contributed by atoms with van der Waals surface area (Å²) in [5.41, 5.74) is 6.86. The van der Waals surface area contributed by atoms with E-state index in [2.05, 4.69) is 20.4 Å². The molecule has 2 heterocycles. The molecule has 0 radical (unpaired) electrons. The van der Waals surface area contributed by atoms with Crippen molar-refractivity contribution >= 4 is 23.2 Å². The maximum atomic E-state index is 12.4. The van der Waals surface area contributed by atoms with E-state index in [-0.39, 0.29) is 11.3 Å². The van der Waals surface area contributed by atoms with Crippen LogP contribution < -0.4 is 11.1 Å². The first-order valence-electron chi connectivity index (χ1n) is 8.81. The molecule has 0 aliphatic heterocycles. The predicted octanol–water partition coefficient (Wildman–Crippen LogP) is 3.15. The number of non-ortho nitro benzene ring substituents is 1. The number of nitrogens with one attached hydrogen (secondary N) is 1. The molecule has 0 fully saturated rings. The van der Waals surface area contributed by atoms with Crippen molar-refractivity contribution in [2.24, 2.45) is 5.73 Å². The van der Waals surface area contributed by atoms with Gasteiger partial charge in [-0.3, -0.25) is 19.9 Å². The Kier molecular flexibility index (Phi) is 5.02. The Hall–Kier alpha value is -3.82. The molecule has 0 aliphatic carbocycles. The van der Waals surface area contributed by atoms with Gasteiger partial charge in [-0.15, -0.1) is 0 Å². The van der Waals surface area contributed by atoms with Crippen molar-refractivity contribution in [1.82, 2.24) is 19.7 Å². The first-order chi connectivity index (χ1) is 13.6. The Labute approximate surface area is 166 Å². The fraction of sp³-hybridized carbons (Fsp3) is 0.263. The van der Waals surface area contributed by atoms with Gasteiger partial charge in [0.05, 0.1) is 22.4 Å². The van der Waals surface area contributed by atoms with Gasteiger partial charge < -0.3 is 11.1 Å². The number of benzene rings is 1. The lowest BCUT2D eigenvalue weighted by molar-refractivity contribution is -0.384. The molecule has 0 unspecified atom stereocenters. The quantitative estimate of drug-likeness (QED) is 0.499. The third-order valence-electron chi connectivity index (χ3n) is 4.12. The first kappa shape index (κ1) is 19.9. The zero-order chi connectivity index (χ0) is 21.3. The number of rotatable bonds is 5. The van der Waals surface area contributed by atoms with E-state index in [1.165, 1.54) is 30.5 Å². The zero-order valence-electron chi connectivity index (χ0n) is 16.5. The third-order valence-corrected chi connectivity index (χ3v) is 4.12. The average molecular weight is 395 g/mol. The number of amides is 1. The lowest BCUT2D eigenvalue weighted by atomic mass is 10.1. The molecule has 10 nitrogen and oxygen atoms in total. The van der Waals surface area contributed by atoms with Gasteiger partial charge in [0, 0.05) is 23.9 Å². The van der Waals surface area contributed by atoms with Crippen molar-refractivity contribution in [3.8, 4) is 11.3 Å². The number of hydrogen-bond acceptors (Lipinski definition) is 7. The number of hydrogen-bond donors (Lipinski definition) is 2. The molecule has 3 N–H and O–H groups in total. The molecule has 1 amide bonds. The number of carbonyl (C=O) groups is 1. The second kappa shape index (κ2) is 7.30. The van der Waals surface area contributed by atoms with Crippen molar-refractivity contribution in [2.75, 3.05) is 5.32 Å². The van der Waals surface area contributed by atoms with Crippen LogP contribution in [0.15, 0.2) is 36.7 Å². The minimum Gasteiger partial charge on any atom is -0.365 e. The molecule has 0 saturated carbocycles. The molecular formula is C19H21N7O3. The fourth-order valence-electron chi connectivity index (χ4n) is 2.84. The Balaban J connectivity index is 2.20. The van der Waals surface area contributed by atoms with Crippen LogP contribution in [0.4, 0.5) is 17.3 Å². The topological polar surface area (TPSA) is 142 Å². The van der Waals surface area contributed by atoms with Crippen molar-refractivity contribution in [1.29, 1.82) is 0 Å². The van der Waals surface area contributed by atoms with Crippen LogP contribution in [0.5, 0.6) is 0 Å². The summed E-state index contributed by atoms with van der Waals surface area (Å²) in [7, 11) is 0. The highest BCUT2D eigenvalue weighted by Crippen LogP contribution is 2.34. The van der Waals surface area contributed by atoms with Crippen LogP contribution >= 0.6 is 0 Å². The van der Waals surface area contributed by atoms with Crippen LogP contribution in [0.3, 0.4) is 0 Å². The smallest absolute Gasteiger partial charge is 0.269 e. The van der Waals surface area contributed by atoms with Crippen LogP contribution in [0.2, 0.25) is 0 Å². The minimum atomic E-state index is -0.683. The van der Waals surface area contributed by atoms with E-state index < -0.39 is 16.4 Å². The monoisotopic (exact) mass is 395 g/mol. The molecular weight excluding hydrogens is 374 g/mol. The SMILES string of the molecule is Cc1cncc(Nc2c(C(N)=O)c(-c3ccc([N+](=O)[O-])cc3)nn2C(C)(C)C)n1. The van der Waals surface area contributed by atoms with Crippen LogP contribution in [0.25, 0.3) is 11.3 Å². The van der Waals surface area contributed by atoms with Crippen LogP contribution in [-0.2, 0) is 5.54 Å². The van der Waals surface area contributed by atoms with Gasteiger partial charge in [-0.05, 0) is 39.8 Å². The number of nitrogens with zero attached hydrogens (tertiary/aromatic N) is 5. The van der Waals surface area contributed by atoms with E-state index in [4.69, 9.17) is 5.73 Å². The summed E-state index contributed by atoms with van der Waals surface area (Å²) in [5.74, 6) is 0.128. The number of nitrogens with two attached hydrogens (primary N) is 1. The number of aryl methyl sites for hydroxylation is 1. The van der Waals surface area contributed by atoms with Crippen molar-refractivity contribution < 1.29 is 9.72 Å². The number of primary amides is 1. The Morgan fingerprint density at radius 2 is 1.86 bits per heavy atom. The first-order valence-corrected chi connectivity index (χ1v) is 8.81. The molecule has 0 saturated heterocycles. The summed E-state index contributed by atoms with van der Waals surface area (Å²) in [6.07, 6.45) is 3.15. The van der Waals surface area contributed by atoms with E-state index in [1.54, 1.807) is 17.8 Å². The molecule has 0 atom stereocenters. The molecule has 0 spiro atoms. The summed E-state index contributed by atoms with van der Waals surface area (Å²) in [4.78, 5) is 31.3. The van der Waals surface area contributed by atoms with Crippen molar-refractivity contribution in [2.45, 2.75) is 33.2 Å². The molecule has 0 aliphatic rings. The summed E-state index contributed by atoms with van der Waals surface area (Å²) in [6.45, 7) is 7.59. The molecule has 29 heavy (non-hydrogen) atoms. The van der Waals surface area contributed by atoms with Crippen LogP contribution in [-0.4, -0.2) is 30.6 Å². The number of anilines is 2. The van der Waals surface area contributed by atoms with Gasteiger partial charge in [-0.25, -0.2) is 9.67 Å². The van der Waals surface area contributed by atoms with E-state index in [9.17, 15) is 14.9 Å². The van der Waals surface area contributed by atoms with Gasteiger partial charge in [-0.2, -0.15) is 5.10 Å². The number of carbonyl (C=O) groups excluding carboxylic acids is 1. The normalized spacial score (nSPS) is 11.3. The molecule has 3 aromatic rings. The summed E-state index contributed by atoms with van der Waals surface area (Å²) in [6, 6.07) is 5.79. The van der Waals surface area contributed by atoms with Gasteiger partial charge in [0.15, 0.2) is 0 Å². The molecule has 1 aromatic carbocycles. The maximum absolute atomic E-state index is 12.4. The Morgan fingerprint density at radius 1 is 1.21 bits per heavy atom. The number of nitro groups is 1. The second-order valence-electron chi connectivity index (χ2n) is 7.49. The molecule has 0 bridgehead atoms. The Morgan fingerprint density at radius 3 is 2.38 bits per heavy atom. The highest BCUT2D eigenvalue weighted by atomic mass is 16.6. The molecule has 3 rings (SSSR count). The van der Waals surface area contributed by atoms with Gasteiger partial charge in [0.2, 0.25) is 0 Å². The lowest BCUT2D eigenvalue weighted by Crippen LogP contribution is -2.25. The summed E-state index contributed by atoms with van der Waals surface area (Å²) < 4.78 is 1.65. The van der Waals surface area contributed by atoms with Crippen molar-refractivity contribution in [3.05, 3.63) is 58.0 Å². The number of aromatic nitrogens is 4. The van der Waals surface area contributed by atoms with Gasteiger partial charge in [0.1, 0.15) is 22.9 Å². The summed E-state index contributed by atoms with van der Waals surface area (Å²) in [5, 5.41) is 18.6. The summed E-state index contributed by atoms with van der Waals surface area (Å²) >= 11 is 0. The van der Waals surface area contributed by atoms with E-state index in [0.717, 1.165) is 0 Å². The maximum Gasteiger partial charge on any atom is 0.269 e. The van der Waals surface area contributed by atoms with E-state index in [0.29, 0.717) is 28.6 Å². The van der Waals surface area contributed by atoms with E-state index in [1.807, 2.05) is 20.8 Å². The number of nitro benzene ring substituents is 1. The molecule has 150 valence electrons. The lowest BCUT2D eigenvalue weighted by Gasteiger charge is -2.23. The second-order valence-corrected chi connectivity index (χ2v) is 7.49. The van der Waals surface area contributed by atoms with E-state index >= 15 is 0 Å². The highest BCUT2D eigenvalue weighted by Gasteiger charge is 2.29. The van der Waals surface area contributed by atoms with Crippen molar-refractivity contribution in [3.63, 3.8) is 0 Å². The predicted molar refractivity (Wildman–Crippen MR) is 108 cm³/mol. The third kappa shape index (κ3) is 4.05. The Bertz CT molecular complexity index is 1080. The van der Waals surface area contributed by atoms with Gasteiger partial charge >= 0.3 is 0 Å². The standard InChI is InChI=1S/C19H21N7O3/c1-11-9-21-10-14(22-11)23-18-15(17(20)27)16(24-25(18)19(2,3)4)12-5-7-13(8-6-12)26(28)29/h5-10H,1-4H3,(H2,20,27)(H,22,23). The molecule has 10 heteroatoms. The largest absolute Gasteiger partial charge is 0.365 e. The average Bonchev–Trinajstić information content (AvgIpc) is 3.01. The van der Waals surface area contributed by atoms with Gasteiger partial charge in [0.25, 0.3) is 11.6 Å². The van der Waals surface area contributed by atoms with Crippen LogP contribution in [0, 0.1) is 17.0 Å². The highest BCUT2D eigenvalue weighted by molar-refractivity contribution is 6.04. The fourth-order valence-corrected chi connectivity index (χ4v) is 2.84. The van der Waals surface area contributed by atoms with Gasteiger partial charge in [-0.1, -0.05) is 0 Å². The zero-order valence-corrected chi connectivity index (χ0v) is 16.5.